The molecule has 0 aliphatic carbocycles. The zero-order chi connectivity index (χ0) is 18.9. The van der Waals surface area contributed by atoms with Crippen LogP contribution >= 0.6 is 0 Å². The predicted molar refractivity (Wildman–Crippen MR) is 99.6 cm³/mol. The first kappa shape index (κ1) is 18.0. The smallest absolute Gasteiger partial charge is 0.270 e. The average molecular weight is 370 g/mol. The number of rotatable bonds is 5. The van der Waals surface area contributed by atoms with Gasteiger partial charge in [0.05, 0.1) is 31.6 Å². The minimum absolute atomic E-state index is 0.0835. The largest absolute Gasteiger partial charge is 0.477 e. The van der Waals surface area contributed by atoms with E-state index in [9.17, 15) is 4.79 Å². The third kappa shape index (κ3) is 3.83. The number of carbonyl (C=O) groups is 1. The maximum atomic E-state index is 12.6. The lowest BCUT2D eigenvalue weighted by Crippen LogP contribution is -2.66. The molecule has 1 atom stereocenters. The van der Waals surface area contributed by atoms with Crippen molar-refractivity contribution in [1.82, 2.24) is 19.4 Å². The molecule has 2 aliphatic heterocycles. The summed E-state index contributed by atoms with van der Waals surface area (Å²) in [6, 6.07) is 3.76. The average Bonchev–Trinajstić information content (AvgIpc) is 3.05. The normalized spacial score (nSPS) is 21.1. The van der Waals surface area contributed by atoms with Crippen LogP contribution in [0.4, 0.5) is 0 Å². The minimum atomic E-state index is -0.174. The monoisotopic (exact) mass is 370 g/mol. The number of hydrogen-bond acceptors (Lipinski definition) is 5. The molecule has 0 saturated carbocycles. The second kappa shape index (κ2) is 7.31. The summed E-state index contributed by atoms with van der Waals surface area (Å²) >= 11 is 0. The summed E-state index contributed by atoms with van der Waals surface area (Å²) in [4.78, 5) is 22.9. The van der Waals surface area contributed by atoms with Crippen LogP contribution in [0.1, 0.15) is 35.4 Å². The fourth-order valence-corrected chi connectivity index (χ4v) is 4.07. The van der Waals surface area contributed by atoms with Gasteiger partial charge in [0.15, 0.2) is 0 Å². The van der Waals surface area contributed by atoms with Crippen LogP contribution in [0.3, 0.4) is 0 Å². The van der Waals surface area contributed by atoms with Crippen LogP contribution in [-0.2, 0) is 11.8 Å². The Balaban J connectivity index is 1.26. The first-order chi connectivity index (χ1) is 13.0. The van der Waals surface area contributed by atoms with Crippen LogP contribution in [-0.4, -0.2) is 57.2 Å². The molecule has 0 radical (unpaired) electrons. The highest BCUT2D eigenvalue weighted by atomic mass is 16.5. The van der Waals surface area contributed by atoms with Crippen molar-refractivity contribution in [2.45, 2.75) is 31.8 Å². The molecule has 2 fully saturated rings. The van der Waals surface area contributed by atoms with Crippen LogP contribution < -0.4 is 4.74 Å². The third-order valence-electron chi connectivity index (χ3n) is 5.51. The van der Waals surface area contributed by atoms with Crippen molar-refractivity contribution in [3.8, 4) is 5.88 Å². The molecule has 7 nitrogen and oxygen atoms in total. The minimum Gasteiger partial charge on any atom is -0.477 e. The number of aryl methyl sites for hydroxylation is 2. The first-order valence-corrected chi connectivity index (χ1v) is 9.51. The molecule has 4 heterocycles. The van der Waals surface area contributed by atoms with Gasteiger partial charge in [-0.2, -0.15) is 0 Å². The molecule has 0 aromatic carbocycles. The highest BCUT2D eigenvalue weighted by molar-refractivity contribution is 5.93. The first-order valence-electron chi connectivity index (χ1n) is 9.51. The molecule has 1 spiro atoms. The Kier molecular flexibility index (Phi) is 4.86. The molecule has 2 aromatic rings. The second-order valence-electron chi connectivity index (χ2n) is 7.69. The molecule has 7 heteroatoms. The summed E-state index contributed by atoms with van der Waals surface area (Å²) < 4.78 is 13.7. The summed E-state index contributed by atoms with van der Waals surface area (Å²) in [5.74, 6) is 1.21. The van der Waals surface area contributed by atoms with E-state index in [4.69, 9.17) is 9.47 Å². The molecule has 27 heavy (non-hydrogen) atoms. The van der Waals surface area contributed by atoms with Crippen molar-refractivity contribution in [2.24, 2.45) is 13.0 Å². The Morgan fingerprint density at radius 1 is 1.41 bits per heavy atom. The number of amides is 1. The van der Waals surface area contributed by atoms with Crippen molar-refractivity contribution in [1.29, 1.82) is 0 Å². The van der Waals surface area contributed by atoms with Crippen LogP contribution in [0.2, 0.25) is 0 Å². The van der Waals surface area contributed by atoms with Gasteiger partial charge >= 0.3 is 0 Å². The molecule has 144 valence electrons. The van der Waals surface area contributed by atoms with Crippen LogP contribution in [0.15, 0.2) is 30.7 Å². The van der Waals surface area contributed by atoms with Gasteiger partial charge in [0.25, 0.3) is 5.91 Å². The van der Waals surface area contributed by atoms with E-state index in [2.05, 4.69) is 9.97 Å². The summed E-state index contributed by atoms with van der Waals surface area (Å²) in [6.45, 7) is 4.64. The fourth-order valence-electron chi connectivity index (χ4n) is 4.07. The van der Waals surface area contributed by atoms with Gasteiger partial charge in [-0.05, 0) is 44.2 Å². The number of aromatic nitrogens is 3. The Hall–Kier alpha value is -2.41. The Morgan fingerprint density at radius 2 is 2.26 bits per heavy atom. The predicted octanol–water partition coefficient (Wildman–Crippen LogP) is 2.21. The summed E-state index contributed by atoms with van der Waals surface area (Å²) in [5, 5.41) is 0. The molecule has 2 saturated heterocycles. The van der Waals surface area contributed by atoms with Gasteiger partial charge in [-0.15, -0.1) is 0 Å². The van der Waals surface area contributed by atoms with Gasteiger partial charge in [-0.3, -0.25) is 9.78 Å². The van der Waals surface area contributed by atoms with E-state index in [0.717, 1.165) is 37.3 Å². The van der Waals surface area contributed by atoms with Gasteiger partial charge in [0.1, 0.15) is 11.3 Å². The van der Waals surface area contributed by atoms with Crippen molar-refractivity contribution >= 4 is 5.91 Å². The molecule has 1 unspecified atom stereocenters. The summed E-state index contributed by atoms with van der Waals surface area (Å²) in [6.07, 6.45) is 8.25. The van der Waals surface area contributed by atoms with E-state index in [0.29, 0.717) is 31.5 Å². The third-order valence-corrected chi connectivity index (χ3v) is 5.51. The number of nitrogens with zero attached hydrogens (tertiary/aromatic N) is 4. The highest BCUT2D eigenvalue weighted by Crippen LogP contribution is 2.38. The van der Waals surface area contributed by atoms with Crippen molar-refractivity contribution in [3.05, 3.63) is 42.1 Å². The zero-order valence-electron chi connectivity index (χ0n) is 15.9. The topological polar surface area (TPSA) is 69.5 Å². The van der Waals surface area contributed by atoms with E-state index < -0.39 is 0 Å². The molecule has 1 amide bonds. The molecule has 4 rings (SSSR count). The van der Waals surface area contributed by atoms with Gasteiger partial charge in [-0.25, -0.2) is 4.98 Å². The maximum Gasteiger partial charge on any atom is 0.270 e. The molecule has 2 aliphatic rings. The van der Waals surface area contributed by atoms with Gasteiger partial charge in [0, 0.05) is 26.0 Å². The van der Waals surface area contributed by atoms with Crippen LogP contribution in [0, 0.1) is 12.8 Å². The van der Waals surface area contributed by atoms with E-state index in [1.165, 1.54) is 0 Å². The number of likely N-dealkylation sites (tertiary alicyclic amines) is 1. The molecular weight excluding hydrogens is 344 g/mol. The number of hydrogen-bond donors (Lipinski definition) is 0. The molecule has 0 bridgehead atoms. The van der Waals surface area contributed by atoms with Gasteiger partial charge in [-0.1, -0.05) is 0 Å². The van der Waals surface area contributed by atoms with Gasteiger partial charge in [0.2, 0.25) is 5.88 Å². The maximum absolute atomic E-state index is 12.6. The zero-order valence-corrected chi connectivity index (χ0v) is 15.9. The van der Waals surface area contributed by atoms with Crippen LogP contribution in [0.5, 0.6) is 5.88 Å². The Morgan fingerprint density at radius 3 is 3.00 bits per heavy atom. The standard InChI is InChI=1S/C20H26N4O3/c1-15-11-21-12-18(22-15)26-8-5-16-6-9-27-20(10-16)13-24(14-20)19(25)17-4-3-7-23(17)2/h3-4,7,11-12,16H,5-6,8-10,13-14H2,1-2H3. The number of ether oxygens (including phenoxy) is 2. The quantitative estimate of drug-likeness (QED) is 0.807. The van der Waals surface area contributed by atoms with E-state index in [1.807, 2.05) is 41.8 Å². The van der Waals surface area contributed by atoms with E-state index in [1.54, 1.807) is 12.4 Å². The van der Waals surface area contributed by atoms with Crippen molar-refractivity contribution in [2.75, 3.05) is 26.3 Å². The highest BCUT2D eigenvalue weighted by Gasteiger charge is 2.49. The molecular formula is C20H26N4O3. The summed E-state index contributed by atoms with van der Waals surface area (Å²) in [5.41, 5.74) is 1.41. The lowest BCUT2D eigenvalue weighted by molar-refractivity contribution is -0.167. The van der Waals surface area contributed by atoms with Crippen molar-refractivity contribution in [3.63, 3.8) is 0 Å². The Bertz CT molecular complexity index is 813. The van der Waals surface area contributed by atoms with E-state index >= 15 is 0 Å². The Labute approximate surface area is 159 Å². The van der Waals surface area contributed by atoms with Gasteiger partial charge < -0.3 is 18.9 Å². The van der Waals surface area contributed by atoms with Crippen LogP contribution in [0.25, 0.3) is 0 Å². The van der Waals surface area contributed by atoms with Crippen molar-refractivity contribution < 1.29 is 14.3 Å². The molecule has 0 N–H and O–H groups in total. The SMILES string of the molecule is Cc1cncc(OCCC2CCOC3(C2)CN(C(=O)c2cccn2C)C3)n1. The summed E-state index contributed by atoms with van der Waals surface area (Å²) in [7, 11) is 1.90. The fraction of sp³-hybridized carbons (Fsp3) is 0.550. The molecule has 2 aromatic heterocycles. The second-order valence-corrected chi connectivity index (χ2v) is 7.69. The number of carbonyl (C=O) groups excluding carboxylic acids is 1. The van der Waals surface area contributed by atoms with E-state index in [-0.39, 0.29) is 11.5 Å². The lowest BCUT2D eigenvalue weighted by atomic mass is 9.79. The lowest BCUT2D eigenvalue weighted by Gasteiger charge is -2.53.